The van der Waals surface area contributed by atoms with E-state index in [0.29, 0.717) is 5.56 Å². The molecule has 0 unspecified atom stereocenters. The average molecular weight is 549 g/mol. The van der Waals surface area contributed by atoms with Gasteiger partial charge in [0.05, 0.1) is 31.6 Å². The van der Waals surface area contributed by atoms with Gasteiger partial charge in [0.15, 0.2) is 11.5 Å². The molecular weight excluding hydrogens is 516 g/mol. The summed E-state index contributed by atoms with van der Waals surface area (Å²) in [5.41, 5.74) is 0.471. The van der Waals surface area contributed by atoms with Crippen LogP contribution in [0.2, 0.25) is 25.7 Å². The zero-order chi connectivity index (χ0) is 29.0. The number of nitrogens with zero attached hydrogens (tertiary/aromatic N) is 1. The number of terminal acetylenes is 2. The van der Waals surface area contributed by atoms with Crippen LogP contribution in [0.4, 0.5) is 5.69 Å². The molecule has 1 N–H and O–H groups in total. The van der Waals surface area contributed by atoms with Gasteiger partial charge in [0.25, 0.3) is 11.8 Å². The number of benzene rings is 2. The lowest BCUT2D eigenvalue weighted by molar-refractivity contribution is -0.122. The lowest BCUT2D eigenvalue weighted by Gasteiger charge is -2.19. The molecule has 9 nitrogen and oxygen atoms in total. The summed E-state index contributed by atoms with van der Waals surface area (Å²) in [7, 11) is -0.0551. The van der Waals surface area contributed by atoms with Gasteiger partial charge in [0.2, 0.25) is 0 Å². The van der Waals surface area contributed by atoms with Crippen molar-refractivity contribution in [1.82, 2.24) is 4.90 Å². The molecule has 2 rings (SSSR count). The highest BCUT2D eigenvalue weighted by molar-refractivity contribution is 6.76. The Morgan fingerprint density at radius 1 is 0.974 bits per heavy atom. The van der Waals surface area contributed by atoms with E-state index in [-0.39, 0.29) is 48.9 Å². The molecule has 0 saturated carbocycles. The van der Waals surface area contributed by atoms with Gasteiger partial charge in [-0.1, -0.05) is 37.8 Å². The van der Waals surface area contributed by atoms with Crippen LogP contribution in [0.15, 0.2) is 42.5 Å². The summed E-state index contributed by atoms with van der Waals surface area (Å²) in [5, 5.41) is 2.48. The monoisotopic (exact) mass is 548 g/mol. The van der Waals surface area contributed by atoms with Gasteiger partial charge in [0.1, 0.15) is 0 Å². The van der Waals surface area contributed by atoms with Crippen molar-refractivity contribution in [3.05, 3.63) is 53.6 Å². The Hall–Kier alpha value is -4.54. The first-order valence-corrected chi connectivity index (χ1v) is 15.9. The van der Waals surface area contributed by atoms with Crippen molar-refractivity contribution < 1.29 is 33.4 Å². The minimum atomic E-state index is -1.45. The van der Waals surface area contributed by atoms with E-state index >= 15 is 0 Å². The molecule has 0 aromatic heterocycles. The number of amides is 3. The van der Waals surface area contributed by atoms with E-state index in [1.165, 1.54) is 19.2 Å². The van der Waals surface area contributed by atoms with E-state index in [2.05, 4.69) is 25.0 Å². The summed E-state index contributed by atoms with van der Waals surface area (Å²) in [5.74, 6) is 1.63. The summed E-state index contributed by atoms with van der Waals surface area (Å²) >= 11 is 0. The highest BCUT2D eigenvalue weighted by atomic mass is 28.3. The van der Waals surface area contributed by atoms with E-state index in [9.17, 15) is 19.2 Å². The van der Waals surface area contributed by atoms with Crippen molar-refractivity contribution in [2.75, 3.05) is 32.2 Å². The molecular formula is C29H32N2O7Si. The molecule has 0 spiro atoms. The SMILES string of the molecule is C#CC(=O)Nc1cc(OC)c(OCCCN(C(=O)C#C)C(=O)c2ccccc2)cc1C(=O)OCC[Si](C)(C)C. The molecule has 0 bridgehead atoms. The molecule has 10 heteroatoms. The largest absolute Gasteiger partial charge is 0.493 e. The molecule has 0 saturated heterocycles. The van der Waals surface area contributed by atoms with Crippen LogP contribution in [0.5, 0.6) is 11.5 Å². The molecule has 0 aliphatic carbocycles. The second-order valence-corrected chi connectivity index (χ2v) is 15.2. The first kappa shape index (κ1) is 30.7. The number of carbonyl (C=O) groups excluding carboxylic acids is 4. The molecule has 0 fully saturated rings. The average Bonchev–Trinajstić information content (AvgIpc) is 2.92. The van der Waals surface area contributed by atoms with Crippen LogP contribution in [-0.2, 0) is 14.3 Å². The van der Waals surface area contributed by atoms with Crippen LogP contribution in [-0.4, -0.2) is 63.5 Å². The van der Waals surface area contributed by atoms with Crippen LogP contribution < -0.4 is 14.8 Å². The molecule has 3 amide bonds. The second-order valence-electron chi connectivity index (χ2n) is 9.57. The van der Waals surface area contributed by atoms with Gasteiger partial charge in [-0.25, -0.2) is 4.79 Å². The van der Waals surface area contributed by atoms with E-state index in [0.717, 1.165) is 10.9 Å². The number of nitrogens with one attached hydrogen (secondary N) is 1. The van der Waals surface area contributed by atoms with Crippen molar-refractivity contribution in [2.45, 2.75) is 32.1 Å². The summed E-state index contributed by atoms with van der Waals surface area (Å²) in [6.07, 6.45) is 10.7. The third kappa shape index (κ3) is 9.37. The van der Waals surface area contributed by atoms with Gasteiger partial charge in [-0.3, -0.25) is 19.3 Å². The minimum absolute atomic E-state index is 0.000970. The number of hydrogen-bond donors (Lipinski definition) is 1. The number of hydrogen-bond acceptors (Lipinski definition) is 7. The molecule has 2 aromatic carbocycles. The number of ether oxygens (including phenoxy) is 3. The highest BCUT2D eigenvalue weighted by Crippen LogP contribution is 2.34. The first-order valence-electron chi connectivity index (χ1n) is 12.2. The van der Waals surface area contributed by atoms with Gasteiger partial charge < -0.3 is 19.5 Å². The van der Waals surface area contributed by atoms with Crippen LogP contribution in [0.3, 0.4) is 0 Å². The maximum atomic E-state index is 12.9. The fraction of sp³-hybridized carbons (Fsp3) is 0.310. The fourth-order valence-corrected chi connectivity index (χ4v) is 4.02. The van der Waals surface area contributed by atoms with Gasteiger partial charge in [-0.2, -0.15) is 0 Å². The van der Waals surface area contributed by atoms with E-state index in [1.54, 1.807) is 30.3 Å². The zero-order valence-electron chi connectivity index (χ0n) is 22.5. The van der Waals surface area contributed by atoms with Crippen molar-refractivity contribution in [3.8, 4) is 36.2 Å². The quantitative estimate of drug-likeness (QED) is 0.186. The topological polar surface area (TPSA) is 111 Å². The van der Waals surface area contributed by atoms with Gasteiger partial charge in [-0.05, 0) is 36.4 Å². The maximum Gasteiger partial charge on any atom is 0.340 e. The molecule has 0 radical (unpaired) electrons. The van der Waals surface area contributed by atoms with Crippen LogP contribution >= 0.6 is 0 Å². The smallest absolute Gasteiger partial charge is 0.340 e. The van der Waals surface area contributed by atoms with Gasteiger partial charge in [-0.15, -0.1) is 12.8 Å². The second kappa shape index (κ2) is 14.4. The molecule has 204 valence electrons. The van der Waals surface area contributed by atoms with Crippen LogP contribution in [0.1, 0.15) is 27.1 Å². The number of esters is 1. The molecule has 2 aromatic rings. The normalized spacial score (nSPS) is 10.4. The Morgan fingerprint density at radius 3 is 2.26 bits per heavy atom. The Bertz CT molecular complexity index is 1290. The van der Waals surface area contributed by atoms with Crippen LogP contribution in [0, 0.1) is 24.7 Å². The Kier molecular flexibility index (Phi) is 11.3. The summed E-state index contributed by atoms with van der Waals surface area (Å²) in [6, 6.07) is 11.9. The van der Waals surface area contributed by atoms with Gasteiger partial charge in [0, 0.05) is 32.3 Å². The van der Waals surface area contributed by atoms with E-state index in [1.807, 2.05) is 11.8 Å². The predicted molar refractivity (Wildman–Crippen MR) is 150 cm³/mol. The number of carbonyl (C=O) groups is 4. The maximum absolute atomic E-state index is 12.9. The highest BCUT2D eigenvalue weighted by Gasteiger charge is 2.23. The summed E-state index contributed by atoms with van der Waals surface area (Å²) < 4.78 is 16.7. The minimum Gasteiger partial charge on any atom is -0.493 e. The number of methoxy groups -OCH3 is 1. The molecule has 0 aliphatic rings. The Morgan fingerprint density at radius 2 is 1.67 bits per heavy atom. The molecule has 39 heavy (non-hydrogen) atoms. The summed E-state index contributed by atoms with van der Waals surface area (Å²) in [6.45, 7) is 6.75. The lowest BCUT2D eigenvalue weighted by Crippen LogP contribution is -2.37. The van der Waals surface area contributed by atoms with Crippen molar-refractivity contribution >= 4 is 37.5 Å². The summed E-state index contributed by atoms with van der Waals surface area (Å²) in [4.78, 5) is 50.7. The van der Waals surface area contributed by atoms with E-state index < -0.39 is 31.8 Å². The molecule has 0 heterocycles. The first-order chi connectivity index (χ1) is 18.5. The molecule has 0 aliphatic heterocycles. The Labute approximate surface area is 229 Å². The van der Waals surface area contributed by atoms with Crippen LogP contribution in [0.25, 0.3) is 0 Å². The lowest BCUT2D eigenvalue weighted by atomic mass is 10.1. The van der Waals surface area contributed by atoms with Crippen molar-refractivity contribution in [2.24, 2.45) is 0 Å². The van der Waals surface area contributed by atoms with E-state index in [4.69, 9.17) is 27.1 Å². The number of imide groups is 1. The fourth-order valence-electron chi connectivity index (χ4n) is 3.31. The van der Waals surface area contributed by atoms with Crippen molar-refractivity contribution in [3.63, 3.8) is 0 Å². The number of rotatable bonds is 12. The number of anilines is 1. The predicted octanol–water partition coefficient (Wildman–Crippen LogP) is 3.83. The third-order valence-electron chi connectivity index (χ3n) is 5.41. The zero-order valence-corrected chi connectivity index (χ0v) is 23.5. The van der Waals surface area contributed by atoms with Gasteiger partial charge >= 0.3 is 11.9 Å². The standard InChI is InChI=1S/C29H32N2O7Si/c1-7-26(32)30-23-20-24(36-3)25(19-22(23)29(35)38-17-18-39(4,5)6)37-16-12-15-31(27(33)8-2)28(34)21-13-10-9-11-14-21/h1-2,9-11,13-14,19-20H,12,15-18H2,3-6H3,(H,30,32). The Balaban J connectivity index is 2.20. The third-order valence-corrected chi connectivity index (χ3v) is 7.11. The van der Waals surface area contributed by atoms with Crippen molar-refractivity contribution in [1.29, 1.82) is 0 Å². The molecule has 0 atom stereocenters.